The van der Waals surface area contributed by atoms with Gasteiger partial charge in [-0.2, -0.15) is 26.3 Å². The molecule has 0 unspecified atom stereocenters. The highest BCUT2D eigenvalue weighted by Crippen LogP contribution is 2.22. The second-order valence-electron chi connectivity index (χ2n) is 7.29. The fraction of sp³-hybridized carbons (Fsp3) is 0.684. The van der Waals surface area contributed by atoms with Gasteiger partial charge in [0.05, 0.1) is 17.9 Å². The molecule has 1 fully saturated rings. The first-order valence-electron chi connectivity index (χ1n) is 10.1. The van der Waals surface area contributed by atoms with E-state index in [2.05, 4.69) is 51.3 Å². The van der Waals surface area contributed by atoms with E-state index in [4.69, 9.17) is 19.8 Å². The van der Waals surface area contributed by atoms with E-state index in [9.17, 15) is 26.3 Å². The molecule has 0 bridgehead atoms. The lowest BCUT2D eigenvalue weighted by Gasteiger charge is -2.31. The van der Waals surface area contributed by atoms with Gasteiger partial charge in [0, 0.05) is 26.2 Å². The monoisotopic (exact) mass is 505 g/mol. The van der Waals surface area contributed by atoms with Crippen LogP contribution in [0.3, 0.4) is 0 Å². The Bertz CT molecular complexity index is 763. The van der Waals surface area contributed by atoms with E-state index in [1.807, 2.05) is 7.05 Å². The summed E-state index contributed by atoms with van der Waals surface area (Å²) in [5, 5.41) is 25.8. The van der Waals surface area contributed by atoms with Crippen LogP contribution in [0.5, 0.6) is 0 Å². The second kappa shape index (κ2) is 14.6. The molecule has 34 heavy (non-hydrogen) atoms. The number of nitrogens with one attached hydrogen (secondary N) is 1. The maximum absolute atomic E-state index is 10.6. The van der Waals surface area contributed by atoms with Crippen molar-refractivity contribution in [3.05, 3.63) is 23.5 Å². The largest absolute Gasteiger partial charge is 0.490 e. The van der Waals surface area contributed by atoms with Crippen molar-refractivity contribution in [2.45, 2.75) is 58.0 Å². The summed E-state index contributed by atoms with van der Waals surface area (Å²) in [7, 11) is 1.93. The van der Waals surface area contributed by atoms with Gasteiger partial charge in [-0.25, -0.2) is 14.3 Å². The van der Waals surface area contributed by atoms with Crippen molar-refractivity contribution >= 4 is 11.9 Å². The van der Waals surface area contributed by atoms with Gasteiger partial charge < -0.3 is 15.5 Å². The van der Waals surface area contributed by atoms with Crippen LogP contribution < -0.4 is 5.32 Å². The first-order valence-corrected chi connectivity index (χ1v) is 10.1. The van der Waals surface area contributed by atoms with Gasteiger partial charge in [0.2, 0.25) is 0 Å². The molecule has 1 aliphatic heterocycles. The number of likely N-dealkylation sites (tertiary alicyclic amines) is 1. The molecule has 0 radical (unpaired) electrons. The van der Waals surface area contributed by atoms with Crippen LogP contribution in [-0.4, -0.2) is 81.1 Å². The third-order valence-corrected chi connectivity index (χ3v) is 4.36. The Hall–Kier alpha value is -2.68. The Morgan fingerprint density at radius 3 is 1.97 bits per heavy atom. The Labute approximate surface area is 192 Å². The normalized spacial score (nSPS) is 15.6. The quantitative estimate of drug-likeness (QED) is 0.398. The molecular formula is C19H29F6N5O4. The molecule has 1 saturated heterocycles. The fourth-order valence-electron chi connectivity index (χ4n) is 2.86. The lowest BCUT2D eigenvalue weighted by Crippen LogP contribution is -2.35. The number of rotatable bonds is 6. The summed E-state index contributed by atoms with van der Waals surface area (Å²) in [4.78, 5) is 20.3. The van der Waals surface area contributed by atoms with Crippen molar-refractivity contribution in [3.8, 4) is 0 Å². The highest BCUT2D eigenvalue weighted by molar-refractivity contribution is 5.73. The summed E-state index contributed by atoms with van der Waals surface area (Å²) in [6.45, 7) is 8.64. The number of hydrogen-bond acceptors (Lipinski definition) is 6. The third-order valence-electron chi connectivity index (χ3n) is 4.36. The van der Waals surface area contributed by atoms with E-state index >= 15 is 0 Å². The van der Waals surface area contributed by atoms with Gasteiger partial charge in [0.25, 0.3) is 0 Å². The number of carboxylic acids is 2. The molecule has 3 N–H and O–H groups in total. The number of nitrogens with zero attached hydrogens (tertiary/aromatic N) is 4. The average molecular weight is 505 g/mol. The summed E-state index contributed by atoms with van der Waals surface area (Å²) < 4.78 is 65.5. The van der Waals surface area contributed by atoms with Gasteiger partial charge >= 0.3 is 24.3 Å². The highest BCUT2D eigenvalue weighted by Gasteiger charge is 2.38. The van der Waals surface area contributed by atoms with E-state index < -0.39 is 24.3 Å². The Morgan fingerprint density at radius 1 is 1.12 bits per heavy atom. The van der Waals surface area contributed by atoms with Gasteiger partial charge in [-0.3, -0.25) is 4.90 Å². The molecule has 0 amide bonds. The van der Waals surface area contributed by atoms with Gasteiger partial charge in [0.1, 0.15) is 0 Å². The Balaban J connectivity index is 0.000000642. The molecule has 0 saturated carbocycles. The predicted octanol–water partition coefficient (Wildman–Crippen LogP) is 3.26. The predicted molar refractivity (Wildman–Crippen MR) is 109 cm³/mol. The first kappa shape index (κ1) is 31.3. The zero-order valence-electron chi connectivity index (χ0n) is 18.9. The van der Waals surface area contributed by atoms with Crippen LogP contribution in [0.25, 0.3) is 0 Å². The molecule has 2 heterocycles. The molecular weight excluding hydrogens is 476 g/mol. The lowest BCUT2D eigenvalue weighted by molar-refractivity contribution is -0.193. The van der Waals surface area contributed by atoms with Crippen molar-refractivity contribution in [2.75, 3.05) is 26.7 Å². The Morgan fingerprint density at radius 2 is 1.59 bits per heavy atom. The molecule has 0 aliphatic carbocycles. The molecule has 0 aromatic carbocycles. The summed E-state index contributed by atoms with van der Waals surface area (Å²) in [6.07, 6.45) is -2.29. The molecule has 0 atom stereocenters. The van der Waals surface area contributed by atoms with Crippen LogP contribution in [0.1, 0.15) is 44.8 Å². The molecule has 196 valence electrons. The van der Waals surface area contributed by atoms with E-state index in [-0.39, 0.29) is 0 Å². The number of piperidine rings is 1. The minimum atomic E-state index is -5.08. The number of aromatic nitrogens is 3. The first-order chi connectivity index (χ1) is 15.6. The van der Waals surface area contributed by atoms with Crippen molar-refractivity contribution in [3.63, 3.8) is 0 Å². The number of aliphatic carboxylic acids is 2. The maximum Gasteiger partial charge on any atom is 0.490 e. The van der Waals surface area contributed by atoms with Crippen LogP contribution in [0.15, 0.2) is 17.8 Å². The van der Waals surface area contributed by atoms with E-state index in [1.165, 1.54) is 18.4 Å². The number of allylic oxidation sites excluding steroid dienone is 1. The fourth-order valence-corrected chi connectivity index (χ4v) is 2.86. The maximum atomic E-state index is 10.6. The summed E-state index contributed by atoms with van der Waals surface area (Å²) in [5.41, 5.74) is 2.51. The van der Waals surface area contributed by atoms with E-state index in [0.717, 1.165) is 38.3 Å². The van der Waals surface area contributed by atoms with Gasteiger partial charge in [-0.15, -0.1) is 5.10 Å². The molecule has 2 rings (SSSR count). The van der Waals surface area contributed by atoms with Crippen molar-refractivity contribution in [2.24, 2.45) is 0 Å². The van der Waals surface area contributed by atoms with E-state index in [0.29, 0.717) is 6.04 Å². The number of carboxylic acid groups (broad SMARTS) is 2. The molecule has 0 spiro atoms. The van der Waals surface area contributed by atoms with Crippen LogP contribution >= 0.6 is 0 Å². The number of carbonyl (C=O) groups is 2. The summed E-state index contributed by atoms with van der Waals surface area (Å²) >= 11 is 0. The zero-order valence-corrected chi connectivity index (χ0v) is 18.9. The summed E-state index contributed by atoms with van der Waals surface area (Å²) in [5.74, 6) is -5.51. The molecule has 15 heteroatoms. The topological polar surface area (TPSA) is 121 Å². The smallest absolute Gasteiger partial charge is 0.475 e. The van der Waals surface area contributed by atoms with Crippen LogP contribution in [0.4, 0.5) is 26.3 Å². The van der Waals surface area contributed by atoms with Crippen molar-refractivity contribution in [1.82, 2.24) is 25.2 Å². The van der Waals surface area contributed by atoms with Crippen molar-refractivity contribution in [1.29, 1.82) is 0 Å². The molecule has 1 aromatic heterocycles. The number of halogens is 6. The zero-order chi connectivity index (χ0) is 26.5. The SMILES string of the molecule is CCC=C(C)CN1CCC(n2cc(CNC)nn2)CC1.O=C(O)C(F)(F)F.O=C(O)C(F)(F)F. The highest BCUT2D eigenvalue weighted by atomic mass is 19.4. The minimum absolute atomic E-state index is 0.514. The summed E-state index contributed by atoms with van der Waals surface area (Å²) in [6, 6.07) is 0.514. The molecule has 9 nitrogen and oxygen atoms in total. The van der Waals surface area contributed by atoms with Crippen LogP contribution in [-0.2, 0) is 16.1 Å². The third kappa shape index (κ3) is 13.1. The minimum Gasteiger partial charge on any atom is -0.475 e. The number of hydrogen-bond donors (Lipinski definition) is 3. The standard InChI is InChI=1S/C15H27N5.2C2HF3O2/c1-4-5-13(2)11-19-8-6-15(7-9-19)20-12-14(10-16-3)17-18-20;2*3-2(4,5)1(6)7/h5,12,15-16H,4,6-11H2,1-3H3;2*(H,6,7). The van der Waals surface area contributed by atoms with Crippen LogP contribution in [0, 0.1) is 0 Å². The van der Waals surface area contributed by atoms with Crippen molar-refractivity contribution < 1.29 is 46.1 Å². The number of alkyl halides is 6. The lowest BCUT2D eigenvalue weighted by atomic mass is 10.0. The molecule has 1 aromatic rings. The Kier molecular flexibility index (Phi) is 13.4. The second-order valence-corrected chi connectivity index (χ2v) is 7.29. The van der Waals surface area contributed by atoms with Gasteiger partial charge in [-0.05, 0) is 33.2 Å². The van der Waals surface area contributed by atoms with Gasteiger partial charge in [-0.1, -0.05) is 23.8 Å². The molecule has 1 aliphatic rings. The van der Waals surface area contributed by atoms with E-state index in [1.54, 1.807) is 0 Å². The van der Waals surface area contributed by atoms with Gasteiger partial charge in [0.15, 0.2) is 0 Å². The average Bonchev–Trinajstić information content (AvgIpc) is 3.17. The van der Waals surface area contributed by atoms with Crippen LogP contribution in [0.2, 0.25) is 0 Å².